The average Bonchev–Trinajstić information content (AvgIpc) is 2.82. The molecule has 0 bridgehead atoms. The lowest BCUT2D eigenvalue weighted by Crippen LogP contribution is -2.42. The predicted molar refractivity (Wildman–Crippen MR) is 85.2 cm³/mol. The van der Waals surface area contributed by atoms with E-state index in [9.17, 15) is 10.1 Å². The number of carbonyl (C=O) groups excluding carboxylic acids is 1. The van der Waals surface area contributed by atoms with E-state index < -0.39 is 0 Å². The molecule has 2 N–H and O–H groups in total. The van der Waals surface area contributed by atoms with E-state index in [-0.39, 0.29) is 5.41 Å². The Labute approximate surface area is 131 Å². The molecule has 0 heterocycles. The van der Waals surface area contributed by atoms with Crippen LogP contribution in [0.15, 0.2) is 12.1 Å². The van der Waals surface area contributed by atoms with E-state index in [4.69, 9.17) is 5.73 Å². The summed E-state index contributed by atoms with van der Waals surface area (Å²) >= 11 is 0. The number of carbonyl (C=O) groups is 1. The van der Waals surface area contributed by atoms with E-state index in [1.807, 2.05) is 6.07 Å². The van der Waals surface area contributed by atoms with Gasteiger partial charge in [0.2, 0.25) is 0 Å². The van der Waals surface area contributed by atoms with Crippen LogP contribution in [0.2, 0.25) is 0 Å². The molecule has 1 aromatic carbocycles. The molecule has 0 aliphatic heterocycles. The third-order valence-corrected chi connectivity index (χ3v) is 6.77. The van der Waals surface area contributed by atoms with Crippen molar-refractivity contribution in [1.29, 1.82) is 5.26 Å². The molecule has 22 heavy (non-hydrogen) atoms. The summed E-state index contributed by atoms with van der Waals surface area (Å²) in [5.74, 6) is 2.14. The Bertz CT molecular complexity index is 702. The number of fused-ring (bicyclic) bond motifs is 5. The Morgan fingerprint density at radius 3 is 2.86 bits per heavy atom. The number of nitrogen functional groups attached to an aromatic ring is 1. The number of nitrogens with zero attached hydrogens (tertiary/aromatic N) is 1. The molecular weight excluding hydrogens is 272 g/mol. The van der Waals surface area contributed by atoms with Crippen molar-refractivity contribution in [3.05, 3.63) is 28.8 Å². The van der Waals surface area contributed by atoms with E-state index in [1.165, 1.54) is 11.1 Å². The van der Waals surface area contributed by atoms with Gasteiger partial charge >= 0.3 is 0 Å². The molecule has 114 valence electrons. The first-order valence-corrected chi connectivity index (χ1v) is 8.41. The number of nitrogens with two attached hydrogens (primary N) is 1. The van der Waals surface area contributed by atoms with Gasteiger partial charge in [0, 0.05) is 17.5 Å². The molecule has 3 unspecified atom stereocenters. The Kier molecular flexibility index (Phi) is 2.88. The van der Waals surface area contributed by atoms with Gasteiger partial charge in [-0.05, 0) is 67.1 Å². The van der Waals surface area contributed by atoms with Crippen LogP contribution in [0.1, 0.15) is 61.6 Å². The van der Waals surface area contributed by atoms with Crippen molar-refractivity contribution in [2.45, 2.75) is 51.4 Å². The highest BCUT2D eigenvalue weighted by Crippen LogP contribution is 2.59. The molecular formula is C19H22N2O. The van der Waals surface area contributed by atoms with Crippen LogP contribution >= 0.6 is 0 Å². The molecule has 4 atom stereocenters. The first-order chi connectivity index (χ1) is 10.6. The molecule has 3 aliphatic carbocycles. The monoisotopic (exact) mass is 294 g/mol. The lowest BCUT2D eigenvalue weighted by molar-refractivity contribution is -0.129. The average molecular weight is 294 g/mol. The Hall–Kier alpha value is -1.82. The summed E-state index contributed by atoms with van der Waals surface area (Å²) in [7, 11) is 0. The van der Waals surface area contributed by atoms with E-state index in [1.54, 1.807) is 0 Å². The van der Waals surface area contributed by atoms with Gasteiger partial charge in [-0.25, -0.2) is 0 Å². The van der Waals surface area contributed by atoms with Gasteiger partial charge in [0.1, 0.15) is 11.9 Å². The lowest BCUT2D eigenvalue weighted by atomic mass is 9.55. The molecule has 0 aromatic heterocycles. The van der Waals surface area contributed by atoms with Crippen molar-refractivity contribution in [2.24, 2.45) is 17.3 Å². The molecule has 0 radical (unpaired) electrons. The summed E-state index contributed by atoms with van der Waals surface area (Å²) in [5.41, 5.74) is 9.71. The third kappa shape index (κ3) is 1.64. The van der Waals surface area contributed by atoms with Gasteiger partial charge in [0.15, 0.2) is 0 Å². The number of nitriles is 1. The van der Waals surface area contributed by atoms with Gasteiger partial charge in [0.05, 0.1) is 5.56 Å². The Morgan fingerprint density at radius 1 is 1.27 bits per heavy atom. The minimum atomic E-state index is -0.0788. The standard InChI is InChI=1S/C19H22N2O/c1-19-9-8-13-11-4-6-17(21)15(10-20)12(11)2-3-14(13)16(19)5-7-18(19)22/h4,6,13-14,16H,2-3,5,7-9,21H2,1H3/t13?,14?,16?,19-/m0/s1. The number of rotatable bonds is 0. The van der Waals surface area contributed by atoms with Crippen molar-refractivity contribution in [3.8, 4) is 6.07 Å². The Balaban J connectivity index is 1.77. The van der Waals surface area contributed by atoms with Crippen molar-refractivity contribution in [3.63, 3.8) is 0 Å². The molecule has 4 rings (SSSR count). The van der Waals surface area contributed by atoms with Crippen molar-refractivity contribution >= 4 is 11.5 Å². The van der Waals surface area contributed by atoms with Gasteiger partial charge in [-0.2, -0.15) is 5.26 Å². The molecule has 3 nitrogen and oxygen atoms in total. The van der Waals surface area contributed by atoms with Crippen LogP contribution < -0.4 is 5.73 Å². The fourth-order valence-electron chi connectivity index (χ4n) is 5.59. The smallest absolute Gasteiger partial charge is 0.139 e. The van der Waals surface area contributed by atoms with Crippen LogP contribution in [0.5, 0.6) is 0 Å². The second-order valence-corrected chi connectivity index (χ2v) is 7.54. The predicted octanol–water partition coefficient (Wildman–Crippen LogP) is 3.57. The molecule has 3 heteroatoms. The van der Waals surface area contributed by atoms with Crippen LogP contribution in [-0.2, 0) is 11.2 Å². The summed E-state index contributed by atoms with van der Waals surface area (Å²) in [6, 6.07) is 6.34. The maximum atomic E-state index is 12.3. The van der Waals surface area contributed by atoms with E-state index in [2.05, 4.69) is 19.1 Å². The molecule has 2 saturated carbocycles. The van der Waals surface area contributed by atoms with E-state index in [0.29, 0.717) is 34.8 Å². The number of Topliss-reactive ketones (excluding diaryl/α,β-unsaturated/α-hetero) is 1. The highest BCUT2D eigenvalue weighted by molar-refractivity contribution is 5.87. The number of anilines is 1. The molecule has 0 saturated heterocycles. The van der Waals surface area contributed by atoms with Crippen LogP contribution in [0.4, 0.5) is 5.69 Å². The van der Waals surface area contributed by atoms with Crippen LogP contribution in [0.25, 0.3) is 0 Å². The molecule has 3 aliphatic rings. The van der Waals surface area contributed by atoms with Gasteiger partial charge in [-0.3, -0.25) is 4.79 Å². The fourth-order valence-corrected chi connectivity index (χ4v) is 5.59. The van der Waals surface area contributed by atoms with Crippen LogP contribution in [-0.4, -0.2) is 5.78 Å². The summed E-state index contributed by atoms with van der Waals surface area (Å²) in [5, 5.41) is 9.42. The van der Waals surface area contributed by atoms with Crippen molar-refractivity contribution < 1.29 is 4.79 Å². The van der Waals surface area contributed by atoms with E-state index >= 15 is 0 Å². The Morgan fingerprint density at radius 2 is 2.09 bits per heavy atom. The molecule has 1 aromatic rings. The summed E-state index contributed by atoms with van der Waals surface area (Å²) < 4.78 is 0. The van der Waals surface area contributed by atoms with Gasteiger partial charge in [-0.15, -0.1) is 0 Å². The first-order valence-electron chi connectivity index (χ1n) is 8.41. The molecule has 2 fully saturated rings. The largest absolute Gasteiger partial charge is 0.398 e. The van der Waals surface area contributed by atoms with E-state index in [0.717, 1.165) is 38.5 Å². The van der Waals surface area contributed by atoms with Gasteiger partial charge in [0.25, 0.3) is 0 Å². The summed E-state index contributed by atoms with van der Waals surface area (Å²) in [4.78, 5) is 12.3. The topological polar surface area (TPSA) is 66.9 Å². The fraction of sp³-hybridized carbons (Fsp3) is 0.579. The number of benzene rings is 1. The van der Waals surface area contributed by atoms with Crippen LogP contribution in [0, 0.1) is 28.6 Å². The number of ketones is 1. The SMILES string of the molecule is C[C@]12CCC3c4ccc(N)c(C#N)c4CCC3C1CCC2=O. The zero-order valence-electron chi connectivity index (χ0n) is 13.1. The van der Waals surface area contributed by atoms with Crippen molar-refractivity contribution in [1.82, 2.24) is 0 Å². The maximum Gasteiger partial charge on any atom is 0.139 e. The number of hydrogen-bond acceptors (Lipinski definition) is 3. The lowest BCUT2D eigenvalue weighted by Gasteiger charge is -2.48. The zero-order valence-corrected chi connectivity index (χ0v) is 13.1. The second kappa shape index (κ2) is 4.59. The summed E-state index contributed by atoms with van der Waals surface area (Å²) in [6.45, 7) is 2.20. The van der Waals surface area contributed by atoms with Crippen LogP contribution in [0.3, 0.4) is 0 Å². The highest BCUT2D eigenvalue weighted by Gasteiger charge is 2.54. The summed E-state index contributed by atoms with van der Waals surface area (Å²) in [6.07, 6.45) is 5.94. The maximum absolute atomic E-state index is 12.3. The zero-order chi connectivity index (χ0) is 15.5. The third-order valence-electron chi connectivity index (χ3n) is 6.77. The second-order valence-electron chi connectivity index (χ2n) is 7.54. The first kappa shape index (κ1) is 13.8. The van der Waals surface area contributed by atoms with Crippen molar-refractivity contribution in [2.75, 3.05) is 5.73 Å². The van der Waals surface area contributed by atoms with Gasteiger partial charge < -0.3 is 5.73 Å². The minimum Gasteiger partial charge on any atom is -0.398 e. The quantitative estimate of drug-likeness (QED) is 0.744. The normalized spacial score (nSPS) is 36.2. The minimum absolute atomic E-state index is 0.0788. The molecule has 0 amide bonds. The molecule has 0 spiro atoms. The highest BCUT2D eigenvalue weighted by atomic mass is 16.1. The van der Waals surface area contributed by atoms with Gasteiger partial charge in [-0.1, -0.05) is 13.0 Å². The number of hydrogen-bond donors (Lipinski definition) is 1.